The van der Waals surface area contributed by atoms with Gasteiger partial charge in [-0.2, -0.15) is 9.50 Å². The smallest absolute Gasteiger partial charge is 0.291 e. The van der Waals surface area contributed by atoms with Crippen LogP contribution in [0, 0.1) is 0 Å². The van der Waals surface area contributed by atoms with Crippen molar-refractivity contribution in [3.63, 3.8) is 0 Å². The number of ether oxygens (including phenoxy) is 3. The summed E-state index contributed by atoms with van der Waals surface area (Å²) in [6.45, 7) is 0. The second kappa shape index (κ2) is 7.28. The van der Waals surface area contributed by atoms with Crippen LogP contribution in [0.3, 0.4) is 0 Å². The number of nitrogens with zero attached hydrogens (tertiary/aromatic N) is 4. The number of hydrogen-bond acceptors (Lipinski definition) is 8. The Kier molecular flexibility index (Phi) is 4.66. The van der Waals surface area contributed by atoms with Crippen molar-refractivity contribution < 1.29 is 14.2 Å². The number of aromatic nitrogens is 4. The molecule has 28 heavy (non-hydrogen) atoms. The van der Waals surface area contributed by atoms with Gasteiger partial charge in [-0.1, -0.05) is 11.3 Å². The first-order valence-electron chi connectivity index (χ1n) is 8.26. The number of pyridine rings is 1. The monoisotopic (exact) mass is 396 g/mol. The highest BCUT2D eigenvalue weighted by Crippen LogP contribution is 2.38. The van der Waals surface area contributed by atoms with E-state index in [2.05, 4.69) is 15.1 Å². The maximum Gasteiger partial charge on any atom is 0.291 e. The molecular weight excluding hydrogens is 380 g/mol. The van der Waals surface area contributed by atoms with Gasteiger partial charge in [0.1, 0.15) is 0 Å². The number of rotatable bonds is 5. The molecule has 0 unspecified atom stereocenters. The normalized spacial score (nSPS) is 11.8. The van der Waals surface area contributed by atoms with Crippen molar-refractivity contribution in [2.45, 2.75) is 0 Å². The molecule has 8 nitrogen and oxygen atoms in total. The van der Waals surface area contributed by atoms with E-state index in [0.717, 1.165) is 11.1 Å². The molecule has 0 atom stereocenters. The molecule has 0 radical (unpaired) electrons. The number of fused-ring (bicyclic) bond motifs is 1. The average molecular weight is 396 g/mol. The summed E-state index contributed by atoms with van der Waals surface area (Å²) in [5.41, 5.74) is 1.26. The SMILES string of the molecule is COc1cc(C=c2sc3nc(-c4cccnc4)nn3c2=O)cc(OC)c1OC. The van der Waals surface area contributed by atoms with Gasteiger partial charge >= 0.3 is 0 Å². The Bertz CT molecular complexity index is 1230. The summed E-state index contributed by atoms with van der Waals surface area (Å²) in [6.07, 6.45) is 5.08. The summed E-state index contributed by atoms with van der Waals surface area (Å²) in [7, 11) is 4.63. The van der Waals surface area contributed by atoms with Gasteiger partial charge in [-0.05, 0) is 35.9 Å². The highest BCUT2D eigenvalue weighted by molar-refractivity contribution is 7.15. The summed E-state index contributed by atoms with van der Waals surface area (Å²) in [4.78, 5) is 21.8. The fraction of sp³-hybridized carbons (Fsp3) is 0.158. The van der Waals surface area contributed by atoms with Gasteiger partial charge in [-0.3, -0.25) is 9.78 Å². The molecule has 1 aromatic carbocycles. The van der Waals surface area contributed by atoms with Gasteiger partial charge in [-0.15, -0.1) is 5.10 Å². The van der Waals surface area contributed by atoms with Gasteiger partial charge < -0.3 is 14.2 Å². The van der Waals surface area contributed by atoms with E-state index in [1.165, 1.54) is 15.9 Å². The molecule has 0 aliphatic heterocycles. The van der Waals surface area contributed by atoms with E-state index in [1.54, 1.807) is 58.0 Å². The highest BCUT2D eigenvalue weighted by Gasteiger charge is 2.14. The first-order valence-corrected chi connectivity index (χ1v) is 9.08. The molecule has 9 heteroatoms. The first kappa shape index (κ1) is 17.9. The van der Waals surface area contributed by atoms with Crippen LogP contribution in [0.5, 0.6) is 17.2 Å². The fourth-order valence-corrected chi connectivity index (χ4v) is 3.69. The standard InChI is InChI=1S/C19H16N4O4S/c1-25-13-7-11(8-14(26-2)16(13)27-3)9-15-18(24)23-19(28-15)21-17(22-23)12-5-4-6-20-10-12/h4-10H,1-3H3. The van der Waals surface area contributed by atoms with E-state index in [4.69, 9.17) is 14.2 Å². The van der Waals surface area contributed by atoms with Crippen molar-refractivity contribution in [2.24, 2.45) is 0 Å². The molecule has 3 aromatic heterocycles. The zero-order chi connectivity index (χ0) is 19.7. The van der Waals surface area contributed by atoms with Crippen LogP contribution in [0.2, 0.25) is 0 Å². The lowest BCUT2D eigenvalue weighted by Crippen LogP contribution is -2.23. The van der Waals surface area contributed by atoms with Gasteiger partial charge in [-0.25, -0.2) is 0 Å². The Balaban J connectivity index is 1.81. The highest BCUT2D eigenvalue weighted by atomic mass is 32.1. The summed E-state index contributed by atoms with van der Waals surface area (Å²) in [6, 6.07) is 7.20. The summed E-state index contributed by atoms with van der Waals surface area (Å²) >= 11 is 1.26. The minimum absolute atomic E-state index is 0.239. The number of hydrogen-bond donors (Lipinski definition) is 0. The van der Waals surface area contributed by atoms with Crippen LogP contribution in [0.4, 0.5) is 0 Å². The molecular formula is C19H16N4O4S. The maximum absolute atomic E-state index is 12.7. The zero-order valence-corrected chi connectivity index (χ0v) is 16.2. The van der Waals surface area contributed by atoms with Crippen LogP contribution < -0.4 is 24.3 Å². The Labute approximate surface area is 163 Å². The van der Waals surface area contributed by atoms with Gasteiger partial charge in [0.05, 0.1) is 25.9 Å². The molecule has 3 heterocycles. The van der Waals surface area contributed by atoms with Crippen LogP contribution in [-0.2, 0) is 0 Å². The lowest BCUT2D eigenvalue weighted by Gasteiger charge is -2.12. The largest absolute Gasteiger partial charge is 0.493 e. The van der Waals surface area contributed by atoms with E-state index < -0.39 is 0 Å². The van der Waals surface area contributed by atoms with Gasteiger partial charge in [0, 0.05) is 18.0 Å². The van der Waals surface area contributed by atoms with Crippen LogP contribution in [0.25, 0.3) is 22.4 Å². The first-order chi connectivity index (χ1) is 13.6. The van der Waals surface area contributed by atoms with E-state index in [0.29, 0.717) is 32.6 Å². The second-order valence-electron chi connectivity index (χ2n) is 5.75. The summed E-state index contributed by atoms with van der Waals surface area (Å²) in [5, 5.41) is 4.31. The molecule has 0 bridgehead atoms. The summed E-state index contributed by atoms with van der Waals surface area (Å²) < 4.78 is 17.9. The Morgan fingerprint density at radius 3 is 2.43 bits per heavy atom. The number of methoxy groups -OCH3 is 3. The lowest BCUT2D eigenvalue weighted by molar-refractivity contribution is 0.324. The topological polar surface area (TPSA) is 87.8 Å². The Morgan fingerprint density at radius 2 is 1.86 bits per heavy atom. The molecule has 0 aliphatic carbocycles. The third kappa shape index (κ3) is 3.05. The fourth-order valence-electron chi connectivity index (χ4n) is 2.79. The Hall–Kier alpha value is -3.46. The maximum atomic E-state index is 12.7. The Morgan fingerprint density at radius 1 is 1.11 bits per heavy atom. The van der Waals surface area contributed by atoms with Crippen molar-refractivity contribution in [2.75, 3.05) is 21.3 Å². The van der Waals surface area contributed by atoms with Crippen molar-refractivity contribution in [1.29, 1.82) is 0 Å². The summed E-state index contributed by atoms with van der Waals surface area (Å²) in [5.74, 6) is 1.99. The molecule has 0 amide bonds. The van der Waals surface area contributed by atoms with Crippen molar-refractivity contribution >= 4 is 22.4 Å². The van der Waals surface area contributed by atoms with Crippen LogP contribution in [0.15, 0.2) is 41.5 Å². The van der Waals surface area contributed by atoms with Crippen LogP contribution >= 0.6 is 11.3 Å². The third-order valence-corrected chi connectivity index (χ3v) is 5.05. The average Bonchev–Trinajstić information content (AvgIpc) is 3.27. The zero-order valence-electron chi connectivity index (χ0n) is 15.4. The lowest BCUT2D eigenvalue weighted by atomic mass is 10.1. The number of thiazole rings is 1. The van der Waals surface area contributed by atoms with Crippen molar-refractivity contribution in [1.82, 2.24) is 19.6 Å². The molecule has 0 spiro atoms. The minimum Gasteiger partial charge on any atom is -0.493 e. The van der Waals surface area contributed by atoms with Gasteiger partial charge in [0.2, 0.25) is 10.7 Å². The van der Waals surface area contributed by atoms with E-state index in [9.17, 15) is 4.79 Å². The number of benzene rings is 1. The molecule has 0 saturated heterocycles. The van der Waals surface area contributed by atoms with Crippen LogP contribution in [0.1, 0.15) is 5.56 Å². The molecule has 4 rings (SSSR count). The van der Waals surface area contributed by atoms with E-state index in [-0.39, 0.29) is 5.56 Å². The molecule has 4 aromatic rings. The predicted molar refractivity (Wildman–Crippen MR) is 105 cm³/mol. The van der Waals surface area contributed by atoms with Gasteiger partial charge in [0.25, 0.3) is 5.56 Å². The van der Waals surface area contributed by atoms with Crippen LogP contribution in [-0.4, -0.2) is 40.9 Å². The van der Waals surface area contributed by atoms with Crippen molar-refractivity contribution in [3.8, 4) is 28.6 Å². The van der Waals surface area contributed by atoms with Gasteiger partial charge in [0.15, 0.2) is 17.3 Å². The van der Waals surface area contributed by atoms with Crippen molar-refractivity contribution in [3.05, 3.63) is 57.1 Å². The third-order valence-electron chi connectivity index (χ3n) is 4.09. The molecule has 0 fully saturated rings. The van der Waals surface area contributed by atoms with E-state index >= 15 is 0 Å². The minimum atomic E-state index is -0.239. The van der Waals surface area contributed by atoms with E-state index in [1.807, 2.05) is 6.07 Å². The predicted octanol–water partition coefficient (Wildman–Crippen LogP) is 1.79. The molecule has 0 saturated carbocycles. The quantitative estimate of drug-likeness (QED) is 0.508. The molecule has 0 aliphatic rings. The second-order valence-corrected chi connectivity index (χ2v) is 6.76. The molecule has 0 N–H and O–H groups in total. The molecule has 142 valence electrons.